The van der Waals surface area contributed by atoms with Crippen molar-refractivity contribution in [1.82, 2.24) is 0 Å². The number of benzene rings is 1. The van der Waals surface area contributed by atoms with Crippen LogP contribution >= 0.6 is 0 Å². The molecule has 0 radical (unpaired) electrons. The normalized spacial score (nSPS) is 11.8. The van der Waals surface area contributed by atoms with Crippen molar-refractivity contribution in [1.29, 1.82) is 0 Å². The molecule has 0 atom stereocenters. The second-order valence-corrected chi connectivity index (χ2v) is 5.86. The zero-order valence-electron chi connectivity index (χ0n) is 11.0. The Balaban J connectivity index is 3.22. The second kappa shape index (κ2) is 7.51. The first kappa shape index (κ1) is 16.8. The number of halogens is 2. The highest BCUT2D eigenvalue weighted by atomic mass is 32.2. The van der Waals surface area contributed by atoms with E-state index in [9.17, 15) is 17.2 Å². The van der Waals surface area contributed by atoms with E-state index in [1.54, 1.807) is 6.07 Å². The maximum Gasteiger partial charge on any atom is 0.341 e. The smallest absolute Gasteiger partial charge is 0.341 e. The molecule has 0 fully saturated rings. The van der Waals surface area contributed by atoms with Crippen LogP contribution in [0.15, 0.2) is 29.2 Å². The first-order valence-electron chi connectivity index (χ1n) is 5.91. The number of rotatable bonds is 8. The van der Waals surface area contributed by atoms with Crippen LogP contribution in [-0.2, 0) is 14.6 Å². The van der Waals surface area contributed by atoms with E-state index in [4.69, 9.17) is 9.84 Å². The summed E-state index contributed by atoms with van der Waals surface area (Å²) in [5, 5.41) is 9.02. The van der Waals surface area contributed by atoms with E-state index in [0.717, 1.165) is 6.07 Å². The summed E-state index contributed by atoms with van der Waals surface area (Å²) in [7, 11) is -3.22. The highest BCUT2D eigenvalue weighted by Crippen LogP contribution is 2.28. The Kier molecular flexibility index (Phi) is 6.31. The van der Waals surface area contributed by atoms with Crippen LogP contribution in [0.25, 0.3) is 0 Å². The second-order valence-electron chi connectivity index (χ2n) is 3.98. The van der Waals surface area contributed by atoms with Gasteiger partial charge in [0.15, 0.2) is 0 Å². The minimum atomic E-state index is -4.69. The molecule has 0 saturated carbocycles. The Morgan fingerprint density at radius 3 is 2.50 bits per heavy atom. The predicted octanol–water partition coefficient (Wildman–Crippen LogP) is 1.13. The van der Waals surface area contributed by atoms with E-state index in [-0.39, 0.29) is 32.0 Å². The number of hydrogen-bond donors (Lipinski definition) is 1. The summed E-state index contributed by atoms with van der Waals surface area (Å²) in [5.41, 5.74) is 0.138. The van der Waals surface area contributed by atoms with Gasteiger partial charge in [-0.1, -0.05) is 12.1 Å². The van der Waals surface area contributed by atoms with Gasteiger partial charge in [-0.05, 0) is 12.1 Å². The Bertz CT molecular complexity index is 522. The number of methoxy groups -OCH3 is 1. The van der Waals surface area contributed by atoms with Crippen LogP contribution in [0.4, 0.5) is 14.5 Å². The number of alkyl halides is 2. The molecule has 0 bridgehead atoms. The van der Waals surface area contributed by atoms with E-state index in [0.29, 0.717) is 0 Å². The molecule has 0 heterocycles. The van der Waals surface area contributed by atoms with Crippen LogP contribution < -0.4 is 4.90 Å². The maximum atomic E-state index is 12.7. The topological polar surface area (TPSA) is 66.8 Å². The fourth-order valence-corrected chi connectivity index (χ4v) is 2.68. The Labute approximate surface area is 116 Å². The summed E-state index contributed by atoms with van der Waals surface area (Å²) in [6, 6.07) is 5.50. The lowest BCUT2D eigenvalue weighted by atomic mass is 10.3. The molecule has 0 aliphatic rings. The lowest BCUT2D eigenvalue weighted by Gasteiger charge is -2.25. The Hall–Kier alpha value is -1.25. The Morgan fingerprint density at radius 2 is 1.95 bits per heavy atom. The molecular formula is C12H17F2NO4S. The van der Waals surface area contributed by atoms with Crippen molar-refractivity contribution in [2.24, 2.45) is 0 Å². The van der Waals surface area contributed by atoms with E-state index in [1.807, 2.05) is 0 Å². The Morgan fingerprint density at radius 1 is 1.30 bits per heavy atom. The van der Waals surface area contributed by atoms with Gasteiger partial charge in [-0.3, -0.25) is 0 Å². The van der Waals surface area contributed by atoms with Gasteiger partial charge >= 0.3 is 5.76 Å². The van der Waals surface area contributed by atoms with Crippen LogP contribution in [0, 0.1) is 0 Å². The highest BCUT2D eigenvalue weighted by molar-refractivity contribution is 7.91. The molecule has 0 aliphatic carbocycles. The predicted molar refractivity (Wildman–Crippen MR) is 70.8 cm³/mol. The molecule has 0 saturated heterocycles. The minimum absolute atomic E-state index is 0.124. The average molecular weight is 309 g/mol. The number of aliphatic hydroxyl groups is 1. The van der Waals surface area contributed by atoms with Crippen molar-refractivity contribution in [2.45, 2.75) is 10.7 Å². The summed E-state index contributed by atoms with van der Waals surface area (Å²) in [4.78, 5) is 1.05. The van der Waals surface area contributed by atoms with Crippen molar-refractivity contribution in [2.75, 3.05) is 38.3 Å². The van der Waals surface area contributed by atoms with Crippen molar-refractivity contribution in [3.63, 3.8) is 0 Å². The third kappa shape index (κ3) is 3.87. The molecule has 0 unspecified atom stereocenters. The van der Waals surface area contributed by atoms with Gasteiger partial charge in [-0.15, -0.1) is 0 Å². The molecule has 20 heavy (non-hydrogen) atoms. The molecular weight excluding hydrogens is 292 g/mol. The van der Waals surface area contributed by atoms with Crippen LogP contribution in [0.5, 0.6) is 0 Å². The maximum absolute atomic E-state index is 12.7. The molecule has 114 valence electrons. The summed E-state index contributed by atoms with van der Waals surface area (Å²) in [5.74, 6) is -3.48. The van der Waals surface area contributed by atoms with Gasteiger partial charge in [0.25, 0.3) is 0 Å². The van der Waals surface area contributed by atoms with Gasteiger partial charge in [-0.25, -0.2) is 8.42 Å². The lowest BCUT2D eigenvalue weighted by Crippen LogP contribution is -2.31. The molecule has 1 aromatic rings. The standard InChI is InChI=1S/C12H17F2NO4S/c1-19-9-7-15(6-8-16)10-4-2-3-5-11(10)20(17,18)12(13)14/h2-5,12,16H,6-9H2,1H3. The van der Waals surface area contributed by atoms with E-state index >= 15 is 0 Å². The molecule has 0 aliphatic heterocycles. The zero-order valence-corrected chi connectivity index (χ0v) is 11.8. The van der Waals surface area contributed by atoms with Crippen molar-refractivity contribution < 1.29 is 27.0 Å². The quantitative estimate of drug-likeness (QED) is 0.780. The van der Waals surface area contributed by atoms with Crippen molar-refractivity contribution in [3.05, 3.63) is 24.3 Å². The van der Waals surface area contributed by atoms with Crippen LogP contribution in [0.2, 0.25) is 0 Å². The first-order valence-corrected chi connectivity index (χ1v) is 7.45. The number of hydrogen-bond acceptors (Lipinski definition) is 5. The summed E-state index contributed by atoms with van der Waals surface area (Å²) in [6.07, 6.45) is 0. The van der Waals surface area contributed by atoms with E-state index < -0.39 is 20.5 Å². The van der Waals surface area contributed by atoms with Gasteiger partial charge in [0, 0.05) is 20.2 Å². The molecule has 0 amide bonds. The zero-order chi connectivity index (χ0) is 15.2. The number of aliphatic hydroxyl groups excluding tert-OH is 1. The summed E-state index contributed by atoms with van der Waals surface area (Å²) < 4.78 is 53.6. The van der Waals surface area contributed by atoms with Crippen LogP contribution in [-0.4, -0.2) is 52.7 Å². The molecule has 1 rings (SSSR count). The molecule has 0 aromatic heterocycles. The molecule has 8 heteroatoms. The van der Waals surface area contributed by atoms with E-state index in [2.05, 4.69) is 0 Å². The number of sulfone groups is 1. The lowest BCUT2D eigenvalue weighted by molar-refractivity contribution is 0.202. The van der Waals surface area contributed by atoms with Gasteiger partial charge in [0.1, 0.15) is 0 Å². The molecule has 1 N–H and O–H groups in total. The van der Waals surface area contributed by atoms with Crippen molar-refractivity contribution in [3.8, 4) is 0 Å². The third-order valence-electron chi connectivity index (χ3n) is 2.68. The molecule has 0 spiro atoms. The van der Waals surface area contributed by atoms with Crippen LogP contribution in [0.1, 0.15) is 0 Å². The van der Waals surface area contributed by atoms with Gasteiger partial charge < -0.3 is 14.7 Å². The molecule has 1 aromatic carbocycles. The first-order chi connectivity index (χ1) is 9.45. The SMILES string of the molecule is COCCN(CCO)c1ccccc1S(=O)(=O)C(F)F. The van der Waals surface area contributed by atoms with Gasteiger partial charge in [0.2, 0.25) is 9.84 Å². The largest absolute Gasteiger partial charge is 0.395 e. The number of anilines is 1. The van der Waals surface area contributed by atoms with Gasteiger partial charge in [-0.2, -0.15) is 8.78 Å². The minimum Gasteiger partial charge on any atom is -0.395 e. The fourth-order valence-electron chi connectivity index (χ4n) is 1.73. The van der Waals surface area contributed by atoms with E-state index in [1.165, 1.54) is 24.1 Å². The number of para-hydroxylation sites is 1. The number of ether oxygens (including phenoxy) is 1. The summed E-state index contributed by atoms with van der Waals surface area (Å²) >= 11 is 0. The average Bonchev–Trinajstić information content (AvgIpc) is 2.43. The van der Waals surface area contributed by atoms with Crippen molar-refractivity contribution >= 4 is 15.5 Å². The van der Waals surface area contributed by atoms with Gasteiger partial charge in [0.05, 0.1) is 23.8 Å². The third-order valence-corrected chi connectivity index (χ3v) is 4.11. The highest BCUT2D eigenvalue weighted by Gasteiger charge is 2.30. The fraction of sp³-hybridized carbons (Fsp3) is 0.500. The molecule has 5 nitrogen and oxygen atoms in total. The summed E-state index contributed by atoms with van der Waals surface area (Å²) in [6.45, 7) is 0.460. The van der Waals surface area contributed by atoms with Crippen LogP contribution in [0.3, 0.4) is 0 Å². The number of nitrogens with zero attached hydrogens (tertiary/aromatic N) is 1. The monoisotopic (exact) mass is 309 g/mol.